The van der Waals surface area contributed by atoms with E-state index in [-0.39, 0.29) is 77.5 Å². The fraction of sp³-hybridized carbons (Fsp3) is 0.467. The molecule has 12 nitrogen and oxygen atoms in total. The topological polar surface area (TPSA) is 142 Å². The van der Waals surface area contributed by atoms with Gasteiger partial charge in [-0.2, -0.15) is 0 Å². The number of benzene rings is 4. The van der Waals surface area contributed by atoms with Gasteiger partial charge in [-0.25, -0.2) is 0 Å². The zero-order valence-electron chi connectivity index (χ0n) is 36.9. The second-order valence-electron chi connectivity index (χ2n) is 14.0. The summed E-state index contributed by atoms with van der Waals surface area (Å²) in [6, 6.07) is 31.6. The molecular weight excluding hydrogens is 856 g/mol. The molecule has 4 aromatic rings. The van der Waals surface area contributed by atoms with Gasteiger partial charge in [0.05, 0.1) is 82.9 Å². The fourth-order valence-electron chi connectivity index (χ4n) is 7.42. The van der Waals surface area contributed by atoms with Crippen LogP contribution < -0.4 is 0 Å². The zero-order valence-corrected chi connectivity index (χ0v) is 40.5. The molecule has 61 heavy (non-hydrogen) atoms. The molecule has 0 radical (unpaired) electrons. The van der Waals surface area contributed by atoms with Crippen molar-refractivity contribution in [3.05, 3.63) is 142 Å². The van der Waals surface area contributed by atoms with Gasteiger partial charge >= 0.3 is 30.4 Å². The minimum atomic E-state index is -3.40. The summed E-state index contributed by atoms with van der Waals surface area (Å²) in [6.07, 6.45) is 0.386. The Bertz CT molecular complexity index is 1780. The van der Waals surface area contributed by atoms with Gasteiger partial charge in [0.1, 0.15) is 0 Å². The first-order valence-corrected chi connectivity index (χ1v) is 28.0. The smallest absolute Gasteiger partial charge is 0.309 e. The first kappa shape index (κ1) is 51.1. The largest absolute Gasteiger partial charge is 0.335 e. The van der Waals surface area contributed by atoms with Crippen molar-refractivity contribution in [3.8, 4) is 0 Å². The average molecular weight is 921 g/mol. The number of rotatable bonds is 28. The predicted octanol–water partition coefficient (Wildman–Crippen LogP) is 13.1. The second-order valence-corrected chi connectivity index (χ2v) is 22.2. The SMILES string of the molecule is CCOP(=O)(Cc1ccc(C(c2ccc(CP(=O)(OCC)OCC)cc2)(c2ccc(CP(=O)(OCC)OCC)cc2)c2ccc(CP(=O)(OCC)OCC)cc2)cc1)OCC. The molecule has 0 atom stereocenters. The molecule has 0 aromatic heterocycles. The maximum atomic E-state index is 13.6. The van der Waals surface area contributed by atoms with E-state index in [0.29, 0.717) is 0 Å². The van der Waals surface area contributed by atoms with Crippen LogP contribution in [0.4, 0.5) is 0 Å². The lowest BCUT2D eigenvalue weighted by molar-refractivity contribution is 0.218. The van der Waals surface area contributed by atoms with Gasteiger partial charge in [-0.3, -0.25) is 18.3 Å². The van der Waals surface area contributed by atoms with Gasteiger partial charge in [-0.05, 0) is 99.9 Å². The van der Waals surface area contributed by atoms with Gasteiger partial charge in [0.2, 0.25) is 0 Å². The van der Waals surface area contributed by atoms with Crippen LogP contribution >= 0.6 is 30.4 Å². The molecule has 0 aliphatic rings. The fourth-order valence-corrected chi connectivity index (χ4v) is 14.2. The van der Waals surface area contributed by atoms with Crippen molar-refractivity contribution in [2.45, 2.75) is 85.5 Å². The summed E-state index contributed by atoms with van der Waals surface area (Å²) in [4.78, 5) is 0. The Kier molecular flexibility index (Phi) is 20.1. The van der Waals surface area contributed by atoms with Crippen molar-refractivity contribution in [1.82, 2.24) is 0 Å². The molecule has 0 aliphatic heterocycles. The van der Waals surface area contributed by atoms with Crippen LogP contribution in [0.5, 0.6) is 0 Å². The van der Waals surface area contributed by atoms with Crippen LogP contribution in [-0.4, -0.2) is 52.9 Å². The molecular formula is C45H64O12P4. The van der Waals surface area contributed by atoms with Crippen molar-refractivity contribution in [2.75, 3.05) is 52.9 Å². The summed E-state index contributed by atoms with van der Waals surface area (Å²) >= 11 is 0. The van der Waals surface area contributed by atoms with E-state index in [4.69, 9.17) is 36.2 Å². The molecule has 0 heterocycles. The average Bonchev–Trinajstić information content (AvgIpc) is 3.21. The summed E-state index contributed by atoms with van der Waals surface area (Å²) < 4.78 is 99.5. The summed E-state index contributed by atoms with van der Waals surface area (Å²) in [6.45, 7) is 16.3. The predicted molar refractivity (Wildman–Crippen MR) is 243 cm³/mol. The lowest BCUT2D eigenvalue weighted by Crippen LogP contribution is -2.31. The van der Waals surface area contributed by atoms with E-state index >= 15 is 0 Å². The Balaban J connectivity index is 1.99. The van der Waals surface area contributed by atoms with Crippen molar-refractivity contribution in [3.63, 3.8) is 0 Å². The van der Waals surface area contributed by atoms with Crippen LogP contribution in [0, 0.1) is 0 Å². The molecule has 0 amide bonds. The molecule has 4 rings (SSSR count). The van der Waals surface area contributed by atoms with Gasteiger partial charge in [-0.1, -0.05) is 97.1 Å². The first-order valence-electron chi connectivity index (χ1n) is 21.1. The van der Waals surface area contributed by atoms with Crippen LogP contribution in [0.25, 0.3) is 0 Å². The molecule has 0 fully saturated rings. The highest BCUT2D eigenvalue weighted by Gasteiger charge is 2.39. The van der Waals surface area contributed by atoms with E-state index in [1.807, 2.05) is 97.1 Å². The highest BCUT2D eigenvalue weighted by Crippen LogP contribution is 2.55. The van der Waals surface area contributed by atoms with Crippen molar-refractivity contribution < 1.29 is 54.5 Å². The van der Waals surface area contributed by atoms with Crippen molar-refractivity contribution in [1.29, 1.82) is 0 Å². The minimum absolute atomic E-state index is 0.0964. The third-order valence-corrected chi connectivity index (χ3v) is 17.9. The maximum Gasteiger partial charge on any atom is 0.335 e. The Morgan fingerprint density at radius 1 is 0.295 bits per heavy atom. The summed E-state index contributed by atoms with van der Waals surface area (Å²) in [7, 11) is -13.6. The zero-order chi connectivity index (χ0) is 44.6. The highest BCUT2D eigenvalue weighted by atomic mass is 31.2. The van der Waals surface area contributed by atoms with E-state index in [0.717, 1.165) is 44.5 Å². The standard InChI is InChI=1S/C45H64O12P4/c1-9-50-58(46,51-10-2)33-37-17-25-41(26-18-37)45(42-27-19-38(20-28-42)34-59(47,52-11-3)53-12-4,43-29-21-39(22-30-43)35-60(48,54-13-5)55-14-6)44-31-23-40(24-32-44)36-61(49,56-15-7)57-16-8/h17-32H,9-16,33-36H2,1-8H3. The van der Waals surface area contributed by atoms with Crippen LogP contribution in [0.1, 0.15) is 99.9 Å². The summed E-state index contributed by atoms with van der Waals surface area (Å²) in [5.74, 6) is 0. The van der Waals surface area contributed by atoms with Crippen molar-refractivity contribution >= 4 is 30.4 Å². The Hall–Kier alpha value is -2.52. The summed E-state index contributed by atoms with van der Waals surface area (Å²) in [5, 5.41) is 0. The quantitative estimate of drug-likeness (QED) is 0.0395. The number of hydrogen-bond acceptors (Lipinski definition) is 12. The van der Waals surface area contributed by atoms with E-state index in [1.165, 1.54) is 0 Å². The van der Waals surface area contributed by atoms with Crippen LogP contribution in [0.3, 0.4) is 0 Å². The van der Waals surface area contributed by atoms with Crippen LogP contribution in [-0.2, 0) is 84.5 Å². The first-order chi connectivity index (χ1) is 29.2. The molecule has 16 heteroatoms. The van der Waals surface area contributed by atoms with E-state index < -0.39 is 35.8 Å². The van der Waals surface area contributed by atoms with Gasteiger partial charge in [0.25, 0.3) is 0 Å². The van der Waals surface area contributed by atoms with Gasteiger partial charge < -0.3 is 36.2 Å². The van der Waals surface area contributed by atoms with E-state index in [9.17, 15) is 18.3 Å². The normalized spacial score (nSPS) is 12.9. The highest BCUT2D eigenvalue weighted by molar-refractivity contribution is 7.53. The Labute approximate surface area is 363 Å². The van der Waals surface area contributed by atoms with Gasteiger partial charge in [0.15, 0.2) is 0 Å². The molecule has 0 saturated heterocycles. The van der Waals surface area contributed by atoms with Crippen molar-refractivity contribution in [2.24, 2.45) is 0 Å². The third-order valence-electron chi connectivity index (χ3n) is 9.66. The molecule has 336 valence electrons. The van der Waals surface area contributed by atoms with Gasteiger partial charge in [-0.15, -0.1) is 0 Å². The Morgan fingerprint density at radius 3 is 0.574 bits per heavy atom. The maximum absolute atomic E-state index is 13.6. The second kappa shape index (κ2) is 24.0. The monoisotopic (exact) mass is 920 g/mol. The molecule has 0 bridgehead atoms. The molecule has 0 saturated carbocycles. The van der Waals surface area contributed by atoms with E-state index in [1.54, 1.807) is 55.4 Å². The summed E-state index contributed by atoms with van der Waals surface area (Å²) in [5.41, 5.74) is 5.63. The van der Waals surface area contributed by atoms with Gasteiger partial charge in [0, 0.05) is 0 Å². The van der Waals surface area contributed by atoms with Crippen LogP contribution in [0.2, 0.25) is 0 Å². The van der Waals surface area contributed by atoms with Crippen LogP contribution in [0.15, 0.2) is 97.1 Å². The molecule has 0 aliphatic carbocycles. The molecule has 0 spiro atoms. The third kappa shape index (κ3) is 13.7. The lowest BCUT2D eigenvalue weighted by atomic mass is 9.65. The minimum Gasteiger partial charge on any atom is -0.309 e. The number of hydrogen-bond donors (Lipinski definition) is 0. The Morgan fingerprint density at radius 2 is 0.443 bits per heavy atom. The lowest BCUT2D eigenvalue weighted by Gasteiger charge is -2.37. The molecule has 4 aromatic carbocycles. The molecule has 0 N–H and O–H groups in total. The van der Waals surface area contributed by atoms with E-state index in [2.05, 4.69) is 0 Å². The molecule has 0 unspecified atom stereocenters.